The molecule has 0 atom stereocenters. The van der Waals surface area contributed by atoms with Gasteiger partial charge in [0.1, 0.15) is 0 Å². The molecule has 0 saturated heterocycles. The van der Waals surface area contributed by atoms with Crippen molar-refractivity contribution in [3.05, 3.63) is 24.3 Å². The average molecular weight is 411 g/mol. The summed E-state index contributed by atoms with van der Waals surface area (Å²) in [6, 6.07) is 6.21. The van der Waals surface area contributed by atoms with Crippen molar-refractivity contribution in [1.29, 1.82) is 0 Å². The van der Waals surface area contributed by atoms with Crippen LogP contribution >= 0.6 is 0 Å². The number of rotatable bonds is 11. The summed E-state index contributed by atoms with van der Waals surface area (Å²) >= 11 is 0. The van der Waals surface area contributed by atoms with E-state index in [1.54, 1.807) is 12.1 Å². The summed E-state index contributed by atoms with van der Waals surface area (Å²) in [7, 11) is -3.53. The predicted octanol–water partition coefficient (Wildman–Crippen LogP) is 5.21. The van der Waals surface area contributed by atoms with Crippen molar-refractivity contribution in [2.24, 2.45) is 0 Å². The minimum Gasteiger partial charge on any atom is -0.449 e. The predicted molar refractivity (Wildman–Crippen MR) is 112 cm³/mol. The number of unbranched alkanes of at least 4 members (excludes halogenated alkanes) is 5. The molecule has 1 aliphatic rings. The molecule has 0 heterocycles. The van der Waals surface area contributed by atoms with E-state index >= 15 is 0 Å². The molecular weight excluding hydrogens is 376 g/mol. The maximum atomic E-state index is 12.5. The van der Waals surface area contributed by atoms with E-state index in [9.17, 15) is 13.2 Å². The molecule has 158 valence electrons. The van der Waals surface area contributed by atoms with Gasteiger partial charge < -0.3 is 4.74 Å². The minimum absolute atomic E-state index is 0.0218. The van der Waals surface area contributed by atoms with Crippen molar-refractivity contribution in [2.45, 2.75) is 88.5 Å². The summed E-state index contributed by atoms with van der Waals surface area (Å²) in [5.74, 6) is 0. The fourth-order valence-electron chi connectivity index (χ4n) is 3.43. The van der Waals surface area contributed by atoms with Crippen molar-refractivity contribution in [1.82, 2.24) is 4.72 Å². The number of anilines is 1. The fourth-order valence-corrected chi connectivity index (χ4v) is 4.73. The monoisotopic (exact) mass is 410 g/mol. The van der Waals surface area contributed by atoms with Gasteiger partial charge in [0.2, 0.25) is 10.0 Å². The second-order valence-electron chi connectivity index (χ2n) is 7.51. The smallest absolute Gasteiger partial charge is 0.411 e. The summed E-state index contributed by atoms with van der Waals surface area (Å²) in [5, 5.41) is 2.64. The number of amides is 1. The zero-order chi connectivity index (χ0) is 20.2. The third-order valence-corrected chi connectivity index (χ3v) is 6.61. The van der Waals surface area contributed by atoms with Crippen molar-refractivity contribution in [3.63, 3.8) is 0 Å². The number of carbonyl (C=O) groups is 1. The Morgan fingerprint density at radius 3 is 2.32 bits per heavy atom. The van der Waals surface area contributed by atoms with Crippen molar-refractivity contribution in [2.75, 3.05) is 11.9 Å². The van der Waals surface area contributed by atoms with Crippen molar-refractivity contribution in [3.8, 4) is 0 Å². The van der Waals surface area contributed by atoms with Crippen LogP contribution < -0.4 is 10.0 Å². The molecule has 0 aliphatic heterocycles. The first-order chi connectivity index (χ1) is 13.5. The van der Waals surface area contributed by atoms with Crippen LogP contribution in [0.15, 0.2) is 29.2 Å². The lowest BCUT2D eigenvalue weighted by Crippen LogP contribution is -2.36. The summed E-state index contributed by atoms with van der Waals surface area (Å²) in [6.45, 7) is 2.58. The Balaban J connectivity index is 1.73. The summed E-state index contributed by atoms with van der Waals surface area (Å²) in [6.07, 6.45) is 11.4. The first-order valence-corrected chi connectivity index (χ1v) is 12.1. The Morgan fingerprint density at radius 2 is 1.64 bits per heavy atom. The quantitative estimate of drug-likeness (QED) is 0.491. The van der Waals surface area contributed by atoms with Crippen LogP contribution in [0, 0.1) is 0 Å². The van der Waals surface area contributed by atoms with Crippen LogP contribution in [0.25, 0.3) is 0 Å². The number of sulfonamides is 1. The molecule has 0 spiro atoms. The molecule has 7 heteroatoms. The van der Waals surface area contributed by atoms with Crippen molar-refractivity contribution < 1.29 is 17.9 Å². The van der Waals surface area contributed by atoms with Gasteiger partial charge >= 0.3 is 6.09 Å². The van der Waals surface area contributed by atoms with E-state index in [-0.39, 0.29) is 10.9 Å². The molecule has 1 aliphatic carbocycles. The van der Waals surface area contributed by atoms with E-state index in [0.29, 0.717) is 12.3 Å². The highest BCUT2D eigenvalue weighted by Gasteiger charge is 2.21. The van der Waals surface area contributed by atoms with E-state index in [2.05, 4.69) is 17.0 Å². The van der Waals surface area contributed by atoms with Gasteiger partial charge in [-0.2, -0.15) is 0 Å². The number of ether oxygens (including phenoxy) is 1. The summed E-state index contributed by atoms with van der Waals surface area (Å²) in [5.41, 5.74) is 0.518. The number of hydrogen-bond acceptors (Lipinski definition) is 4. The maximum absolute atomic E-state index is 12.5. The van der Waals surface area contributed by atoms with Crippen LogP contribution in [0.4, 0.5) is 10.5 Å². The van der Waals surface area contributed by atoms with Crippen LogP contribution in [0.5, 0.6) is 0 Å². The van der Waals surface area contributed by atoms with Gasteiger partial charge in [-0.05, 0) is 43.5 Å². The molecule has 1 fully saturated rings. The standard InChI is InChI=1S/C21H34N2O4S/c1-2-3-4-5-6-10-17-27-21(24)22-18-13-15-20(16-14-18)28(25,26)23-19-11-8-7-9-12-19/h13-16,19,23H,2-12,17H2,1H3,(H,22,24). The number of benzene rings is 1. The normalized spacial score (nSPS) is 15.3. The highest BCUT2D eigenvalue weighted by molar-refractivity contribution is 7.89. The Bertz CT molecular complexity index is 683. The topological polar surface area (TPSA) is 84.5 Å². The lowest BCUT2D eigenvalue weighted by Gasteiger charge is -2.22. The van der Waals surface area contributed by atoms with Crippen LogP contribution in [-0.2, 0) is 14.8 Å². The number of nitrogens with one attached hydrogen (secondary N) is 2. The first-order valence-electron chi connectivity index (χ1n) is 10.6. The lowest BCUT2D eigenvalue weighted by atomic mass is 9.96. The molecule has 2 rings (SSSR count). The Labute approximate surface area is 169 Å². The van der Waals surface area contributed by atoms with Gasteiger partial charge in [0.05, 0.1) is 11.5 Å². The van der Waals surface area contributed by atoms with Gasteiger partial charge in [0, 0.05) is 11.7 Å². The highest BCUT2D eigenvalue weighted by atomic mass is 32.2. The second kappa shape index (κ2) is 12.1. The van der Waals surface area contributed by atoms with Crippen LogP contribution in [-0.4, -0.2) is 27.2 Å². The molecule has 0 bridgehead atoms. The van der Waals surface area contributed by atoms with Gasteiger partial charge in [-0.3, -0.25) is 5.32 Å². The third kappa shape index (κ3) is 8.19. The number of hydrogen-bond donors (Lipinski definition) is 2. The van der Waals surface area contributed by atoms with E-state index in [0.717, 1.165) is 38.5 Å². The van der Waals surface area contributed by atoms with Gasteiger partial charge in [0.15, 0.2) is 0 Å². The fraction of sp³-hybridized carbons (Fsp3) is 0.667. The Kier molecular flexibility index (Phi) is 9.78. The minimum atomic E-state index is -3.53. The molecule has 1 aromatic rings. The van der Waals surface area contributed by atoms with Gasteiger partial charge in [-0.1, -0.05) is 58.3 Å². The molecule has 1 aromatic carbocycles. The van der Waals surface area contributed by atoms with Crippen LogP contribution in [0.1, 0.15) is 77.6 Å². The SMILES string of the molecule is CCCCCCCCOC(=O)Nc1ccc(S(=O)(=O)NC2CCCCC2)cc1. The maximum Gasteiger partial charge on any atom is 0.411 e. The molecule has 1 amide bonds. The molecule has 6 nitrogen and oxygen atoms in total. The molecule has 1 saturated carbocycles. The zero-order valence-corrected chi connectivity index (χ0v) is 17.7. The molecule has 2 N–H and O–H groups in total. The summed E-state index contributed by atoms with van der Waals surface area (Å²) in [4.78, 5) is 12.0. The third-order valence-electron chi connectivity index (χ3n) is 5.07. The van der Waals surface area contributed by atoms with E-state index in [4.69, 9.17) is 4.74 Å². The van der Waals surface area contributed by atoms with Crippen LogP contribution in [0.3, 0.4) is 0 Å². The highest BCUT2D eigenvalue weighted by Crippen LogP contribution is 2.21. The Morgan fingerprint density at radius 1 is 1.00 bits per heavy atom. The lowest BCUT2D eigenvalue weighted by molar-refractivity contribution is 0.159. The largest absolute Gasteiger partial charge is 0.449 e. The molecule has 0 radical (unpaired) electrons. The number of carbonyl (C=O) groups excluding carboxylic acids is 1. The molecule has 28 heavy (non-hydrogen) atoms. The molecule has 0 unspecified atom stereocenters. The van der Waals surface area contributed by atoms with Crippen molar-refractivity contribution >= 4 is 21.8 Å². The van der Waals surface area contributed by atoms with Gasteiger partial charge in [0.25, 0.3) is 0 Å². The first kappa shape index (κ1) is 22.7. The zero-order valence-electron chi connectivity index (χ0n) is 16.9. The van der Waals surface area contributed by atoms with Gasteiger partial charge in [-0.25, -0.2) is 17.9 Å². The second-order valence-corrected chi connectivity index (χ2v) is 9.22. The molecular formula is C21H34N2O4S. The van der Waals surface area contributed by atoms with E-state index in [1.165, 1.54) is 44.2 Å². The average Bonchev–Trinajstić information content (AvgIpc) is 2.68. The van der Waals surface area contributed by atoms with E-state index in [1.807, 2.05) is 0 Å². The van der Waals surface area contributed by atoms with Crippen LogP contribution in [0.2, 0.25) is 0 Å². The Hall–Kier alpha value is -1.60. The van der Waals surface area contributed by atoms with Gasteiger partial charge in [-0.15, -0.1) is 0 Å². The van der Waals surface area contributed by atoms with E-state index < -0.39 is 16.1 Å². The molecule has 0 aromatic heterocycles. The summed E-state index contributed by atoms with van der Waals surface area (Å²) < 4.78 is 32.9.